The predicted molar refractivity (Wildman–Crippen MR) is 150 cm³/mol. The normalized spacial score (nSPS) is 18.2. The van der Waals surface area contributed by atoms with Crippen LogP contribution in [0.1, 0.15) is 64.8 Å². The first kappa shape index (κ1) is 28.1. The molecule has 4 rings (SSSR count). The van der Waals surface area contributed by atoms with Gasteiger partial charge in [-0.25, -0.2) is 27.8 Å². The number of rotatable bonds is 9. The van der Waals surface area contributed by atoms with Crippen LogP contribution < -0.4 is 10.0 Å². The number of anilines is 2. The van der Waals surface area contributed by atoms with E-state index in [0.717, 1.165) is 37.0 Å². The highest BCUT2D eigenvalue weighted by Gasteiger charge is 2.27. The Balaban J connectivity index is 1.72. The summed E-state index contributed by atoms with van der Waals surface area (Å²) in [5, 5.41) is 4.19. The summed E-state index contributed by atoms with van der Waals surface area (Å²) in [5.74, 6) is -0.193. The van der Waals surface area contributed by atoms with Gasteiger partial charge in [0.2, 0.25) is 16.0 Å². The Hall–Kier alpha value is -2.92. The molecule has 0 radical (unpaired) electrons. The highest BCUT2D eigenvalue weighted by atomic mass is 32.2. The Bertz CT molecular complexity index is 1390. The summed E-state index contributed by atoms with van der Waals surface area (Å²) >= 11 is 1.43. The van der Waals surface area contributed by atoms with Gasteiger partial charge in [0.25, 0.3) is 0 Å². The third kappa shape index (κ3) is 6.55. The lowest BCUT2D eigenvalue weighted by Crippen LogP contribution is -2.27. The number of benzene rings is 1. The monoisotopic (exact) mass is 559 g/mol. The molecule has 1 aliphatic carbocycles. The topological polar surface area (TPSA) is 114 Å². The SMILES string of the molecule is CCCS(=O)(=O)Nc1cccc(-c2nc(C(C)(C)C)sc2-c2ccnc(NC3CCC(C=O)CC3)n2)c1F. The van der Waals surface area contributed by atoms with Gasteiger partial charge in [-0.1, -0.05) is 33.8 Å². The van der Waals surface area contributed by atoms with E-state index in [0.29, 0.717) is 28.6 Å². The van der Waals surface area contributed by atoms with Gasteiger partial charge in [-0.3, -0.25) is 4.72 Å². The van der Waals surface area contributed by atoms with Crippen molar-refractivity contribution >= 4 is 39.3 Å². The van der Waals surface area contributed by atoms with E-state index in [-0.39, 0.29) is 34.4 Å². The number of nitrogens with one attached hydrogen (secondary N) is 2. The highest BCUT2D eigenvalue weighted by Crippen LogP contribution is 2.42. The number of carbonyl (C=O) groups excluding carboxylic acids is 1. The molecule has 38 heavy (non-hydrogen) atoms. The van der Waals surface area contributed by atoms with Crippen LogP contribution in [0.3, 0.4) is 0 Å². The van der Waals surface area contributed by atoms with E-state index in [4.69, 9.17) is 9.97 Å². The third-order valence-corrected chi connectivity index (χ3v) is 9.43. The van der Waals surface area contributed by atoms with Crippen molar-refractivity contribution in [1.29, 1.82) is 0 Å². The Kier molecular flexibility index (Phi) is 8.46. The molecule has 0 spiro atoms. The second-order valence-electron chi connectivity index (χ2n) is 10.7. The maximum atomic E-state index is 15.7. The molecule has 3 aromatic rings. The smallest absolute Gasteiger partial charge is 0.232 e. The molecule has 11 heteroatoms. The summed E-state index contributed by atoms with van der Waals surface area (Å²) in [4.78, 5) is 25.7. The van der Waals surface area contributed by atoms with E-state index in [1.165, 1.54) is 17.4 Å². The van der Waals surface area contributed by atoms with E-state index >= 15 is 4.39 Å². The number of carbonyl (C=O) groups is 1. The molecule has 0 amide bonds. The van der Waals surface area contributed by atoms with Crippen LogP contribution in [0.15, 0.2) is 30.5 Å². The van der Waals surface area contributed by atoms with Gasteiger partial charge in [-0.15, -0.1) is 11.3 Å². The molecule has 2 N–H and O–H groups in total. The van der Waals surface area contributed by atoms with Gasteiger partial charge in [0.05, 0.1) is 32.7 Å². The number of aldehydes is 1. The van der Waals surface area contributed by atoms with Crippen molar-refractivity contribution in [3.63, 3.8) is 0 Å². The van der Waals surface area contributed by atoms with Crippen LogP contribution in [0.2, 0.25) is 0 Å². The summed E-state index contributed by atoms with van der Waals surface area (Å²) < 4.78 is 42.8. The molecule has 2 aromatic heterocycles. The number of hydrogen-bond acceptors (Lipinski definition) is 8. The van der Waals surface area contributed by atoms with E-state index in [1.807, 2.05) is 20.8 Å². The highest BCUT2D eigenvalue weighted by molar-refractivity contribution is 7.92. The van der Waals surface area contributed by atoms with Crippen LogP contribution in [-0.4, -0.2) is 41.5 Å². The maximum Gasteiger partial charge on any atom is 0.232 e. The summed E-state index contributed by atoms with van der Waals surface area (Å²) in [6.45, 7) is 7.86. The number of thiazole rings is 1. The Morgan fingerprint density at radius 1 is 1.13 bits per heavy atom. The van der Waals surface area contributed by atoms with Crippen LogP contribution >= 0.6 is 11.3 Å². The molecule has 0 aliphatic heterocycles. The van der Waals surface area contributed by atoms with E-state index in [1.54, 1.807) is 31.3 Å². The zero-order chi connectivity index (χ0) is 27.5. The van der Waals surface area contributed by atoms with Gasteiger partial charge in [0, 0.05) is 29.1 Å². The minimum atomic E-state index is -3.67. The Morgan fingerprint density at radius 2 is 1.87 bits per heavy atom. The van der Waals surface area contributed by atoms with Crippen LogP contribution in [0, 0.1) is 11.7 Å². The van der Waals surface area contributed by atoms with Gasteiger partial charge in [0.1, 0.15) is 6.29 Å². The molecule has 1 fully saturated rings. The van der Waals surface area contributed by atoms with Gasteiger partial charge in [-0.05, 0) is 50.3 Å². The first-order valence-electron chi connectivity index (χ1n) is 12.9. The first-order valence-corrected chi connectivity index (χ1v) is 15.3. The molecule has 204 valence electrons. The zero-order valence-corrected chi connectivity index (χ0v) is 23.8. The van der Waals surface area contributed by atoms with Crippen LogP contribution in [0.4, 0.5) is 16.0 Å². The minimum Gasteiger partial charge on any atom is -0.351 e. The standard InChI is InChI=1S/C27H34FN5O3S2/c1-5-15-38(35,36)33-20-8-6-7-19(22(20)28)23-24(37-25(32-23)27(2,3)4)21-13-14-29-26(31-21)30-18-11-9-17(16-34)10-12-18/h6-8,13-14,16-18,33H,5,9-12,15H2,1-4H3,(H,29,30,31). The predicted octanol–water partition coefficient (Wildman–Crippen LogP) is 6.03. The zero-order valence-electron chi connectivity index (χ0n) is 22.1. The number of sulfonamides is 1. The molecule has 2 heterocycles. The van der Waals surface area contributed by atoms with E-state index in [9.17, 15) is 13.2 Å². The molecular weight excluding hydrogens is 525 g/mol. The number of halogens is 1. The van der Waals surface area contributed by atoms with Gasteiger partial charge in [0.15, 0.2) is 5.82 Å². The Labute approximate surface area is 227 Å². The van der Waals surface area contributed by atoms with Crippen LogP contribution in [0.5, 0.6) is 0 Å². The third-order valence-electron chi connectivity index (χ3n) is 6.45. The summed E-state index contributed by atoms with van der Waals surface area (Å²) in [6, 6.07) is 6.57. The summed E-state index contributed by atoms with van der Waals surface area (Å²) in [5.41, 5.74) is 0.806. The maximum absolute atomic E-state index is 15.7. The lowest BCUT2D eigenvalue weighted by molar-refractivity contribution is -0.111. The van der Waals surface area contributed by atoms with Crippen molar-refractivity contribution in [1.82, 2.24) is 15.0 Å². The fourth-order valence-corrected chi connectivity index (χ4v) is 6.65. The van der Waals surface area contributed by atoms with Crippen molar-refractivity contribution in [2.75, 3.05) is 15.8 Å². The summed E-state index contributed by atoms with van der Waals surface area (Å²) in [6.07, 6.45) is 6.52. The molecule has 0 saturated heterocycles. The van der Waals surface area contributed by atoms with Crippen molar-refractivity contribution in [3.05, 3.63) is 41.3 Å². The van der Waals surface area contributed by atoms with Crippen molar-refractivity contribution < 1.29 is 17.6 Å². The molecule has 8 nitrogen and oxygen atoms in total. The lowest BCUT2D eigenvalue weighted by atomic mass is 9.87. The van der Waals surface area contributed by atoms with Crippen molar-refractivity contribution in [2.45, 2.75) is 71.3 Å². The first-order chi connectivity index (χ1) is 18.0. The molecule has 1 aromatic carbocycles. The van der Waals surface area contributed by atoms with E-state index < -0.39 is 15.8 Å². The van der Waals surface area contributed by atoms with Crippen LogP contribution in [0.25, 0.3) is 21.8 Å². The molecular formula is C27H34FN5O3S2. The lowest BCUT2D eigenvalue weighted by Gasteiger charge is -2.26. The second-order valence-corrected chi connectivity index (χ2v) is 13.5. The largest absolute Gasteiger partial charge is 0.351 e. The van der Waals surface area contributed by atoms with Crippen molar-refractivity contribution in [2.24, 2.45) is 5.92 Å². The second kappa shape index (κ2) is 11.4. The quantitative estimate of drug-likeness (QED) is 0.308. The van der Waals surface area contributed by atoms with Gasteiger partial charge >= 0.3 is 0 Å². The molecule has 0 unspecified atom stereocenters. The van der Waals surface area contributed by atoms with Crippen LogP contribution in [-0.2, 0) is 20.2 Å². The fraction of sp³-hybridized carbons (Fsp3) is 0.481. The number of aromatic nitrogens is 3. The molecule has 1 aliphatic rings. The average molecular weight is 560 g/mol. The average Bonchev–Trinajstić information content (AvgIpc) is 3.32. The van der Waals surface area contributed by atoms with Gasteiger partial charge in [-0.2, -0.15) is 0 Å². The molecule has 1 saturated carbocycles. The fourth-order valence-electron chi connectivity index (χ4n) is 4.41. The molecule has 0 bridgehead atoms. The number of hydrogen-bond donors (Lipinski definition) is 2. The number of nitrogens with zero attached hydrogens (tertiary/aromatic N) is 3. The van der Waals surface area contributed by atoms with Crippen molar-refractivity contribution in [3.8, 4) is 21.8 Å². The van der Waals surface area contributed by atoms with Gasteiger partial charge < -0.3 is 10.1 Å². The van der Waals surface area contributed by atoms with E-state index in [2.05, 4.69) is 15.0 Å². The Morgan fingerprint density at radius 3 is 2.53 bits per heavy atom. The molecule has 0 atom stereocenters. The summed E-state index contributed by atoms with van der Waals surface area (Å²) in [7, 11) is -3.67. The minimum absolute atomic E-state index is 0.0969.